The number of hydrogen-bond acceptors (Lipinski definition) is 3. The van der Waals surface area contributed by atoms with E-state index in [-0.39, 0.29) is 0 Å². The van der Waals surface area contributed by atoms with Crippen molar-refractivity contribution in [3.05, 3.63) is 29.6 Å². The molecule has 0 amide bonds. The first kappa shape index (κ1) is 10.3. The van der Waals surface area contributed by atoms with Gasteiger partial charge in [0.2, 0.25) is 0 Å². The van der Waals surface area contributed by atoms with Crippen LogP contribution in [0.1, 0.15) is 24.7 Å². The predicted octanol–water partition coefficient (Wildman–Crippen LogP) is 2.39. The molecule has 17 heavy (non-hydrogen) atoms. The Kier molecular flexibility index (Phi) is 2.55. The summed E-state index contributed by atoms with van der Waals surface area (Å²) in [7, 11) is 0. The van der Waals surface area contributed by atoms with Gasteiger partial charge in [-0.2, -0.15) is 5.10 Å². The fourth-order valence-corrected chi connectivity index (χ4v) is 2.22. The number of nitrogens with one attached hydrogen (secondary N) is 2. The van der Waals surface area contributed by atoms with E-state index >= 15 is 0 Å². The average molecular weight is 228 g/mol. The molecule has 4 nitrogen and oxygen atoms in total. The Balaban J connectivity index is 1.92. The minimum absolute atomic E-state index is 0.808. The number of fused-ring (bicyclic) bond motifs is 1. The molecule has 0 unspecified atom stereocenters. The Morgan fingerprint density at radius 3 is 3.18 bits per heavy atom. The summed E-state index contributed by atoms with van der Waals surface area (Å²) in [5.41, 5.74) is 3.72. The van der Waals surface area contributed by atoms with Crippen molar-refractivity contribution in [2.75, 3.05) is 11.9 Å². The van der Waals surface area contributed by atoms with Crippen molar-refractivity contribution in [2.24, 2.45) is 0 Å². The van der Waals surface area contributed by atoms with E-state index in [0.29, 0.717) is 0 Å². The number of aromatic nitrogens is 3. The van der Waals surface area contributed by atoms with Crippen LogP contribution in [-0.2, 0) is 12.8 Å². The van der Waals surface area contributed by atoms with Crippen LogP contribution in [0.25, 0.3) is 11.4 Å². The maximum Gasteiger partial charge on any atom is 0.181 e. The highest BCUT2D eigenvalue weighted by atomic mass is 15.2. The van der Waals surface area contributed by atoms with E-state index in [4.69, 9.17) is 0 Å². The van der Waals surface area contributed by atoms with Gasteiger partial charge >= 0.3 is 0 Å². The van der Waals surface area contributed by atoms with Crippen molar-refractivity contribution in [3.8, 4) is 11.4 Å². The minimum Gasteiger partial charge on any atom is -0.384 e. The average Bonchev–Trinajstić information content (AvgIpc) is 2.96. The normalized spacial score (nSPS) is 13.5. The Morgan fingerprint density at radius 2 is 2.29 bits per heavy atom. The van der Waals surface area contributed by atoms with E-state index in [1.165, 1.54) is 11.3 Å². The van der Waals surface area contributed by atoms with Crippen LogP contribution in [0.3, 0.4) is 0 Å². The van der Waals surface area contributed by atoms with Crippen molar-refractivity contribution in [1.82, 2.24) is 15.2 Å². The molecule has 88 valence electrons. The van der Waals surface area contributed by atoms with Crippen molar-refractivity contribution in [3.63, 3.8) is 0 Å². The second-order valence-electron chi connectivity index (χ2n) is 4.40. The van der Waals surface area contributed by atoms with Crippen LogP contribution in [0.4, 0.5) is 5.69 Å². The highest BCUT2D eigenvalue weighted by Gasteiger charge is 2.12. The van der Waals surface area contributed by atoms with Gasteiger partial charge in [-0.15, -0.1) is 0 Å². The fraction of sp³-hybridized carbons (Fsp3) is 0.385. The zero-order chi connectivity index (χ0) is 11.7. The van der Waals surface area contributed by atoms with Gasteiger partial charge in [-0.25, -0.2) is 4.98 Å². The summed E-state index contributed by atoms with van der Waals surface area (Å²) in [6.45, 7) is 3.18. The smallest absolute Gasteiger partial charge is 0.181 e. The minimum atomic E-state index is 0.808. The van der Waals surface area contributed by atoms with Gasteiger partial charge in [-0.05, 0) is 36.6 Å². The van der Waals surface area contributed by atoms with Crippen molar-refractivity contribution >= 4 is 5.69 Å². The van der Waals surface area contributed by atoms with Crippen molar-refractivity contribution in [2.45, 2.75) is 26.2 Å². The lowest BCUT2D eigenvalue weighted by molar-refractivity contribution is 0.841. The Labute approximate surface area is 100 Å². The lowest BCUT2D eigenvalue weighted by Crippen LogP contribution is -1.90. The highest BCUT2D eigenvalue weighted by Crippen LogP contribution is 2.26. The first-order valence-electron chi connectivity index (χ1n) is 6.15. The molecule has 1 aliphatic rings. The molecule has 0 atom stereocenters. The third-order valence-corrected chi connectivity index (χ3v) is 3.09. The molecule has 0 aliphatic carbocycles. The van der Waals surface area contributed by atoms with Gasteiger partial charge in [-0.3, -0.25) is 5.10 Å². The Hall–Kier alpha value is -1.84. The summed E-state index contributed by atoms with van der Waals surface area (Å²) in [5.74, 6) is 1.78. The van der Waals surface area contributed by atoms with E-state index < -0.39 is 0 Å². The maximum atomic E-state index is 4.51. The number of benzene rings is 1. The first-order chi connectivity index (χ1) is 8.36. The second kappa shape index (κ2) is 4.20. The maximum absolute atomic E-state index is 4.51. The quantitative estimate of drug-likeness (QED) is 0.848. The number of anilines is 1. The van der Waals surface area contributed by atoms with Gasteiger partial charge in [0.1, 0.15) is 5.82 Å². The monoisotopic (exact) mass is 228 g/mol. The first-order valence-corrected chi connectivity index (χ1v) is 6.15. The van der Waals surface area contributed by atoms with Crippen LogP contribution in [-0.4, -0.2) is 21.7 Å². The summed E-state index contributed by atoms with van der Waals surface area (Å²) in [4.78, 5) is 4.51. The van der Waals surface area contributed by atoms with Crippen LogP contribution < -0.4 is 5.32 Å². The molecule has 1 aromatic heterocycles. The van der Waals surface area contributed by atoms with E-state index in [2.05, 4.69) is 45.6 Å². The number of aromatic amines is 1. The molecule has 2 heterocycles. The largest absolute Gasteiger partial charge is 0.384 e. The van der Waals surface area contributed by atoms with Crippen LogP contribution in [0.15, 0.2) is 18.2 Å². The molecule has 3 rings (SSSR count). The zero-order valence-corrected chi connectivity index (χ0v) is 9.95. The molecule has 0 radical (unpaired) electrons. The van der Waals surface area contributed by atoms with E-state index in [1.54, 1.807) is 0 Å². The molecule has 1 aromatic carbocycles. The van der Waals surface area contributed by atoms with Crippen LogP contribution >= 0.6 is 0 Å². The van der Waals surface area contributed by atoms with E-state index in [9.17, 15) is 0 Å². The van der Waals surface area contributed by atoms with Crippen LogP contribution in [0.2, 0.25) is 0 Å². The van der Waals surface area contributed by atoms with E-state index in [1.807, 2.05) is 0 Å². The zero-order valence-electron chi connectivity index (χ0n) is 9.95. The summed E-state index contributed by atoms with van der Waals surface area (Å²) in [5, 5.41) is 10.6. The molecule has 0 spiro atoms. The molecule has 0 bridgehead atoms. The topological polar surface area (TPSA) is 53.6 Å². The molecule has 0 saturated heterocycles. The second-order valence-corrected chi connectivity index (χ2v) is 4.40. The van der Waals surface area contributed by atoms with Crippen LogP contribution in [0, 0.1) is 0 Å². The van der Waals surface area contributed by atoms with Gasteiger partial charge < -0.3 is 5.32 Å². The molecule has 0 fully saturated rings. The van der Waals surface area contributed by atoms with Gasteiger partial charge in [0, 0.05) is 24.2 Å². The van der Waals surface area contributed by atoms with E-state index in [0.717, 1.165) is 43.0 Å². The van der Waals surface area contributed by atoms with Crippen LogP contribution in [0.5, 0.6) is 0 Å². The predicted molar refractivity (Wildman–Crippen MR) is 68.0 cm³/mol. The number of hydrogen-bond donors (Lipinski definition) is 2. The highest BCUT2D eigenvalue weighted by molar-refractivity contribution is 5.65. The van der Waals surface area contributed by atoms with Gasteiger partial charge in [0.05, 0.1) is 0 Å². The molecule has 0 saturated carbocycles. The SMILES string of the molecule is CCCc1nc(-c2ccc3c(c2)CCN3)n[nH]1. The summed E-state index contributed by atoms with van der Waals surface area (Å²) >= 11 is 0. The molecule has 2 aromatic rings. The summed E-state index contributed by atoms with van der Waals surface area (Å²) < 4.78 is 0. The van der Waals surface area contributed by atoms with Gasteiger partial charge in [-0.1, -0.05) is 6.92 Å². The molecule has 4 heteroatoms. The number of H-pyrrole nitrogens is 1. The van der Waals surface area contributed by atoms with Crippen molar-refractivity contribution in [1.29, 1.82) is 0 Å². The molecule has 2 N–H and O–H groups in total. The third kappa shape index (κ3) is 1.90. The third-order valence-electron chi connectivity index (χ3n) is 3.09. The van der Waals surface area contributed by atoms with Gasteiger partial charge in [0.25, 0.3) is 0 Å². The summed E-state index contributed by atoms with van der Waals surface area (Å²) in [6.07, 6.45) is 3.14. The molecule has 1 aliphatic heterocycles. The standard InChI is InChI=1S/C13H16N4/c1-2-3-12-15-13(17-16-12)10-4-5-11-9(8-10)6-7-14-11/h4-5,8,14H,2-3,6-7H2,1H3,(H,15,16,17). The Morgan fingerprint density at radius 1 is 1.35 bits per heavy atom. The molecular formula is C13H16N4. The number of aryl methyl sites for hydroxylation is 1. The number of nitrogens with zero attached hydrogens (tertiary/aromatic N) is 2. The Bertz CT molecular complexity index is 530. The molecular weight excluding hydrogens is 212 g/mol. The van der Waals surface area contributed by atoms with Crippen molar-refractivity contribution < 1.29 is 0 Å². The number of rotatable bonds is 3. The fourth-order valence-electron chi connectivity index (χ4n) is 2.22. The van der Waals surface area contributed by atoms with Gasteiger partial charge in [0.15, 0.2) is 5.82 Å². The lowest BCUT2D eigenvalue weighted by atomic mass is 10.1. The lowest BCUT2D eigenvalue weighted by Gasteiger charge is -2.00. The summed E-state index contributed by atoms with van der Waals surface area (Å²) in [6, 6.07) is 6.39.